The number of anilines is 5. The maximum atomic E-state index is 13.7. The first kappa shape index (κ1) is 25.2. The average Bonchev–Trinajstić information content (AvgIpc) is 3.17. The first-order valence-electron chi connectivity index (χ1n) is 10.6. The second-order valence-electron chi connectivity index (χ2n) is 8.12. The Balaban J connectivity index is 1.67. The predicted molar refractivity (Wildman–Crippen MR) is 129 cm³/mol. The smallest absolute Gasteiger partial charge is 0.365 e. The zero-order valence-corrected chi connectivity index (χ0v) is 20.3. The van der Waals surface area contributed by atoms with E-state index in [0.717, 1.165) is 16.1 Å². The van der Waals surface area contributed by atoms with Crippen LogP contribution in [0.3, 0.4) is 0 Å². The number of benzene rings is 1. The van der Waals surface area contributed by atoms with E-state index in [2.05, 4.69) is 30.9 Å². The number of rotatable bonds is 7. The highest BCUT2D eigenvalue weighted by molar-refractivity contribution is 7.92. The van der Waals surface area contributed by atoms with Crippen LogP contribution in [0, 0.1) is 6.92 Å². The fourth-order valence-corrected chi connectivity index (χ4v) is 4.24. The Labute approximate surface area is 205 Å². The zero-order valence-electron chi connectivity index (χ0n) is 19.4. The van der Waals surface area contributed by atoms with Crippen LogP contribution >= 0.6 is 0 Å². The molecule has 0 aliphatic carbocycles. The normalized spacial score (nSPS) is 13.2. The third-order valence-electron chi connectivity index (χ3n) is 5.62. The van der Waals surface area contributed by atoms with Gasteiger partial charge in [0.25, 0.3) is 0 Å². The highest BCUT2D eigenvalue weighted by Crippen LogP contribution is 2.36. The molecule has 2 aromatic heterocycles. The van der Waals surface area contributed by atoms with Gasteiger partial charge < -0.3 is 16.0 Å². The van der Waals surface area contributed by atoms with E-state index < -0.39 is 27.6 Å². The number of carbonyl (C=O) groups excluding carboxylic acids is 1. The minimum atomic E-state index is -4.75. The molecule has 10 nitrogen and oxygen atoms in total. The van der Waals surface area contributed by atoms with Gasteiger partial charge in [-0.2, -0.15) is 18.2 Å². The summed E-state index contributed by atoms with van der Waals surface area (Å²) in [5, 5.41) is 8.23. The molecule has 3 heterocycles. The molecule has 0 saturated heterocycles. The summed E-state index contributed by atoms with van der Waals surface area (Å²) in [7, 11) is -2.28. The number of hydrogen-bond donors (Lipinski definition) is 3. The van der Waals surface area contributed by atoms with Crippen LogP contribution in [0.1, 0.15) is 22.4 Å². The van der Waals surface area contributed by atoms with Crippen molar-refractivity contribution in [3.8, 4) is 0 Å². The largest absolute Gasteiger partial charge is 0.421 e. The number of carbonyl (C=O) groups is 1. The molecule has 1 aliphatic heterocycles. The number of amides is 1. The molecule has 1 aromatic carbocycles. The van der Waals surface area contributed by atoms with Gasteiger partial charge in [0.05, 0.1) is 29.7 Å². The van der Waals surface area contributed by atoms with Crippen molar-refractivity contribution in [2.75, 3.05) is 33.6 Å². The molecule has 0 saturated carbocycles. The lowest BCUT2D eigenvalue weighted by Crippen LogP contribution is -2.27. The Hall–Kier alpha value is -3.94. The third kappa shape index (κ3) is 5.17. The quantitative estimate of drug-likeness (QED) is 0.431. The van der Waals surface area contributed by atoms with Crippen LogP contribution in [0.2, 0.25) is 0 Å². The molecular formula is C22H22F3N7O3S. The number of nitrogens with zero attached hydrogens (tertiary/aromatic N) is 4. The summed E-state index contributed by atoms with van der Waals surface area (Å²) in [6.45, 7) is 1.43. The van der Waals surface area contributed by atoms with E-state index in [-0.39, 0.29) is 30.5 Å². The van der Waals surface area contributed by atoms with E-state index in [4.69, 9.17) is 0 Å². The molecule has 0 fully saturated rings. The molecule has 4 rings (SSSR count). The van der Waals surface area contributed by atoms with Crippen LogP contribution in [0.4, 0.5) is 42.0 Å². The maximum absolute atomic E-state index is 13.7. The number of para-hydroxylation sites is 1. The van der Waals surface area contributed by atoms with Crippen LogP contribution in [0.25, 0.3) is 0 Å². The minimum Gasteiger partial charge on any atom is -0.365 e. The number of pyridine rings is 1. The Morgan fingerprint density at radius 3 is 2.64 bits per heavy atom. The molecule has 36 heavy (non-hydrogen) atoms. The number of fused-ring (bicyclic) bond motifs is 1. The van der Waals surface area contributed by atoms with Crippen molar-refractivity contribution in [1.82, 2.24) is 15.0 Å². The standard InChI is InChI=1S/C22H22F3N7O3S/c1-12-14(17(7-8-26-12)32(2)36(3,34)35)10-27-20-15(22(23,24)25)11-28-21(31-20)29-16-6-4-5-13-9-18(33)30-19(13)16/h4-8,11H,9-10H2,1-3H3,(H,30,33)(H2,27,28,29,31). The molecule has 0 atom stereocenters. The molecule has 14 heteroatoms. The molecular weight excluding hydrogens is 499 g/mol. The SMILES string of the molecule is Cc1nccc(N(C)S(C)(=O)=O)c1CNc1nc(Nc2cccc3c2NC(=O)C3)ncc1C(F)(F)F. The molecule has 0 spiro atoms. The van der Waals surface area contributed by atoms with Crippen molar-refractivity contribution in [3.63, 3.8) is 0 Å². The van der Waals surface area contributed by atoms with Crippen molar-refractivity contribution in [1.29, 1.82) is 0 Å². The number of halogens is 3. The lowest BCUT2D eigenvalue weighted by molar-refractivity contribution is -0.137. The molecule has 0 radical (unpaired) electrons. The monoisotopic (exact) mass is 521 g/mol. The van der Waals surface area contributed by atoms with Crippen LogP contribution in [-0.2, 0) is 34.0 Å². The third-order valence-corrected chi connectivity index (χ3v) is 6.81. The molecule has 0 unspecified atom stereocenters. The summed E-state index contributed by atoms with van der Waals surface area (Å²) < 4.78 is 66.3. The van der Waals surface area contributed by atoms with Gasteiger partial charge in [-0.15, -0.1) is 0 Å². The van der Waals surface area contributed by atoms with E-state index in [1.165, 1.54) is 19.3 Å². The van der Waals surface area contributed by atoms with E-state index in [1.54, 1.807) is 25.1 Å². The van der Waals surface area contributed by atoms with Crippen molar-refractivity contribution >= 4 is 44.8 Å². The molecule has 1 aliphatic rings. The second kappa shape index (κ2) is 9.26. The maximum Gasteiger partial charge on any atom is 0.421 e. The van der Waals surface area contributed by atoms with E-state index >= 15 is 0 Å². The summed E-state index contributed by atoms with van der Waals surface area (Å²) in [6, 6.07) is 6.58. The Bertz CT molecular complexity index is 1450. The van der Waals surface area contributed by atoms with Gasteiger partial charge in [-0.25, -0.2) is 13.4 Å². The van der Waals surface area contributed by atoms with Gasteiger partial charge in [0, 0.05) is 37.2 Å². The molecule has 190 valence electrons. The zero-order chi connectivity index (χ0) is 26.3. The average molecular weight is 522 g/mol. The number of sulfonamides is 1. The van der Waals surface area contributed by atoms with Gasteiger partial charge in [-0.05, 0) is 24.6 Å². The van der Waals surface area contributed by atoms with Crippen LogP contribution in [-0.4, -0.2) is 42.6 Å². The topological polar surface area (TPSA) is 129 Å². The molecule has 1 amide bonds. The van der Waals surface area contributed by atoms with E-state index in [1.807, 2.05) is 0 Å². The summed E-state index contributed by atoms with van der Waals surface area (Å²) in [4.78, 5) is 23.7. The van der Waals surface area contributed by atoms with Gasteiger partial charge in [0.2, 0.25) is 21.9 Å². The van der Waals surface area contributed by atoms with Crippen molar-refractivity contribution in [2.24, 2.45) is 0 Å². The highest BCUT2D eigenvalue weighted by Gasteiger charge is 2.35. The van der Waals surface area contributed by atoms with Crippen LogP contribution < -0.4 is 20.3 Å². The number of nitrogens with one attached hydrogen (secondary N) is 3. The summed E-state index contributed by atoms with van der Waals surface area (Å²) in [5.74, 6) is -0.832. The van der Waals surface area contributed by atoms with Crippen molar-refractivity contribution in [3.05, 3.63) is 59.0 Å². The fraction of sp³-hybridized carbons (Fsp3) is 0.273. The van der Waals surface area contributed by atoms with Crippen LogP contribution in [0.5, 0.6) is 0 Å². The lowest BCUT2D eigenvalue weighted by atomic mass is 10.1. The van der Waals surface area contributed by atoms with Gasteiger partial charge in [0.15, 0.2) is 0 Å². The van der Waals surface area contributed by atoms with Crippen LogP contribution in [0.15, 0.2) is 36.7 Å². The van der Waals surface area contributed by atoms with E-state index in [0.29, 0.717) is 28.8 Å². The summed E-state index contributed by atoms with van der Waals surface area (Å²) in [6.07, 6.45) is -1.47. The summed E-state index contributed by atoms with van der Waals surface area (Å²) in [5.41, 5.74) is 1.68. The Kier molecular flexibility index (Phi) is 6.47. The van der Waals surface area contributed by atoms with Crippen molar-refractivity contribution in [2.45, 2.75) is 26.1 Å². The minimum absolute atomic E-state index is 0.128. The number of hydrogen-bond acceptors (Lipinski definition) is 8. The number of aromatic nitrogens is 3. The Morgan fingerprint density at radius 1 is 1.19 bits per heavy atom. The number of alkyl halides is 3. The highest BCUT2D eigenvalue weighted by atomic mass is 32.2. The number of aryl methyl sites for hydroxylation is 1. The first-order chi connectivity index (χ1) is 16.8. The molecule has 0 bridgehead atoms. The van der Waals surface area contributed by atoms with Gasteiger partial charge in [-0.1, -0.05) is 12.1 Å². The van der Waals surface area contributed by atoms with Gasteiger partial charge >= 0.3 is 6.18 Å². The Morgan fingerprint density at radius 2 is 1.94 bits per heavy atom. The molecule has 3 aromatic rings. The summed E-state index contributed by atoms with van der Waals surface area (Å²) >= 11 is 0. The lowest BCUT2D eigenvalue weighted by Gasteiger charge is -2.22. The predicted octanol–water partition coefficient (Wildman–Crippen LogP) is 3.44. The van der Waals surface area contributed by atoms with Gasteiger partial charge in [0.1, 0.15) is 11.4 Å². The fourth-order valence-electron chi connectivity index (χ4n) is 3.71. The second-order valence-corrected chi connectivity index (χ2v) is 10.1. The van der Waals surface area contributed by atoms with Gasteiger partial charge in [-0.3, -0.25) is 14.1 Å². The van der Waals surface area contributed by atoms with E-state index in [9.17, 15) is 26.4 Å². The van der Waals surface area contributed by atoms with Crippen molar-refractivity contribution < 1.29 is 26.4 Å². The first-order valence-corrected chi connectivity index (χ1v) is 12.4. The molecule has 3 N–H and O–H groups in total.